The summed E-state index contributed by atoms with van der Waals surface area (Å²) >= 11 is 6.10. The third-order valence-electron chi connectivity index (χ3n) is 3.78. The van der Waals surface area contributed by atoms with Gasteiger partial charge in [0.05, 0.1) is 29.1 Å². The summed E-state index contributed by atoms with van der Waals surface area (Å²) in [5.74, 6) is 0.930. The van der Waals surface area contributed by atoms with E-state index in [1.54, 1.807) is 13.1 Å². The van der Waals surface area contributed by atoms with E-state index in [2.05, 4.69) is 20.4 Å². The lowest BCUT2D eigenvalue weighted by molar-refractivity contribution is -0.120. The number of amides is 1. The van der Waals surface area contributed by atoms with Crippen molar-refractivity contribution in [2.45, 2.75) is 20.3 Å². The first-order chi connectivity index (χ1) is 12.0. The third-order valence-corrected chi connectivity index (χ3v) is 4.01. The number of hydrogen-bond donors (Lipinski definition) is 1. The fourth-order valence-electron chi connectivity index (χ4n) is 2.58. The van der Waals surface area contributed by atoms with Crippen molar-refractivity contribution in [2.24, 2.45) is 0 Å². The largest absolute Gasteiger partial charge is 0.361 e. The Labute approximate surface area is 150 Å². The Morgan fingerprint density at radius 1 is 1.20 bits per heavy atom. The van der Waals surface area contributed by atoms with E-state index < -0.39 is 0 Å². The van der Waals surface area contributed by atoms with Crippen LogP contribution in [0.3, 0.4) is 0 Å². The van der Waals surface area contributed by atoms with Gasteiger partial charge < -0.3 is 9.84 Å². The third kappa shape index (κ3) is 3.69. The Morgan fingerprint density at radius 2 is 1.96 bits per heavy atom. The van der Waals surface area contributed by atoms with Gasteiger partial charge in [0.2, 0.25) is 5.91 Å². The van der Waals surface area contributed by atoms with E-state index >= 15 is 0 Å². The minimum Gasteiger partial charge on any atom is -0.361 e. The fourth-order valence-corrected chi connectivity index (χ4v) is 2.77. The molecule has 0 aliphatic rings. The molecule has 1 N–H and O–H groups in total. The van der Waals surface area contributed by atoms with Gasteiger partial charge in [0, 0.05) is 17.6 Å². The van der Waals surface area contributed by atoms with Crippen LogP contribution in [0, 0.1) is 13.8 Å². The van der Waals surface area contributed by atoms with Crippen LogP contribution in [0.25, 0.3) is 22.5 Å². The van der Waals surface area contributed by atoms with Gasteiger partial charge in [0.1, 0.15) is 11.6 Å². The van der Waals surface area contributed by atoms with E-state index in [0.29, 0.717) is 28.0 Å². The second kappa shape index (κ2) is 7.03. The lowest BCUT2D eigenvalue weighted by Gasteiger charge is -2.08. The topological polar surface area (TPSA) is 80.9 Å². The van der Waals surface area contributed by atoms with Crippen LogP contribution in [0.5, 0.6) is 0 Å². The molecule has 0 spiro atoms. The van der Waals surface area contributed by atoms with Crippen LogP contribution in [0.15, 0.2) is 34.9 Å². The summed E-state index contributed by atoms with van der Waals surface area (Å²) in [7, 11) is 1.58. The standard InChI is InChI=1S/C18H17ClN4O2/c1-10-18(11(2)25-23-10)15-8-14(12-5-4-6-13(19)7-12)21-16(22-15)9-17(24)20-3/h4-8H,9H2,1-3H3,(H,20,24). The van der Waals surface area contributed by atoms with Crippen molar-refractivity contribution in [2.75, 3.05) is 7.05 Å². The van der Waals surface area contributed by atoms with Gasteiger partial charge >= 0.3 is 0 Å². The minimum absolute atomic E-state index is 0.0846. The molecule has 128 valence electrons. The van der Waals surface area contributed by atoms with Crippen LogP contribution in [0.4, 0.5) is 0 Å². The molecule has 0 saturated carbocycles. The molecular formula is C18H17ClN4O2. The van der Waals surface area contributed by atoms with Crippen LogP contribution in [0.1, 0.15) is 17.3 Å². The molecule has 25 heavy (non-hydrogen) atoms. The van der Waals surface area contributed by atoms with Crippen molar-refractivity contribution in [3.05, 3.63) is 52.6 Å². The molecule has 3 rings (SSSR count). The molecular weight excluding hydrogens is 340 g/mol. The molecule has 0 bridgehead atoms. The number of aromatic nitrogens is 3. The number of nitrogens with one attached hydrogen (secondary N) is 1. The summed E-state index contributed by atoms with van der Waals surface area (Å²) in [6.07, 6.45) is 0.0846. The van der Waals surface area contributed by atoms with Gasteiger partial charge in [0.25, 0.3) is 0 Å². The van der Waals surface area contributed by atoms with Gasteiger partial charge in [-0.1, -0.05) is 28.9 Å². The second-order valence-corrected chi connectivity index (χ2v) is 6.05. The van der Waals surface area contributed by atoms with Crippen LogP contribution >= 0.6 is 11.6 Å². The smallest absolute Gasteiger partial charge is 0.227 e. The number of nitrogens with zero attached hydrogens (tertiary/aromatic N) is 3. The van der Waals surface area contributed by atoms with E-state index in [9.17, 15) is 4.79 Å². The molecule has 1 aromatic carbocycles. The fraction of sp³-hybridized carbons (Fsp3) is 0.222. The average Bonchev–Trinajstić information content (AvgIpc) is 2.93. The molecule has 0 fully saturated rings. The Bertz CT molecular complexity index is 917. The molecule has 1 amide bonds. The summed E-state index contributed by atoms with van der Waals surface area (Å²) in [6, 6.07) is 9.24. The number of carbonyl (C=O) groups is 1. The highest BCUT2D eigenvalue weighted by Gasteiger charge is 2.17. The number of rotatable bonds is 4. The molecule has 0 unspecified atom stereocenters. The van der Waals surface area contributed by atoms with E-state index in [-0.39, 0.29) is 12.3 Å². The van der Waals surface area contributed by atoms with Gasteiger partial charge in [-0.3, -0.25) is 4.79 Å². The van der Waals surface area contributed by atoms with E-state index in [1.165, 1.54) is 0 Å². The predicted molar refractivity (Wildman–Crippen MR) is 95.2 cm³/mol. The molecule has 0 atom stereocenters. The lowest BCUT2D eigenvalue weighted by atomic mass is 10.1. The van der Waals surface area contributed by atoms with Gasteiger partial charge in [-0.15, -0.1) is 0 Å². The summed E-state index contributed by atoms with van der Waals surface area (Å²) in [4.78, 5) is 20.8. The Kier molecular flexibility index (Phi) is 4.81. The highest BCUT2D eigenvalue weighted by Crippen LogP contribution is 2.29. The maximum atomic E-state index is 11.8. The van der Waals surface area contributed by atoms with Crippen molar-refractivity contribution in [1.29, 1.82) is 0 Å². The van der Waals surface area contributed by atoms with Crippen LogP contribution in [-0.4, -0.2) is 28.1 Å². The predicted octanol–water partition coefficient (Wildman–Crippen LogP) is 3.36. The van der Waals surface area contributed by atoms with Gasteiger partial charge in [0.15, 0.2) is 0 Å². The molecule has 7 heteroatoms. The first-order valence-electron chi connectivity index (χ1n) is 7.75. The van der Waals surface area contributed by atoms with Gasteiger partial charge in [-0.2, -0.15) is 0 Å². The maximum absolute atomic E-state index is 11.8. The zero-order chi connectivity index (χ0) is 18.0. The molecule has 2 aromatic heterocycles. The van der Waals surface area contributed by atoms with E-state index in [1.807, 2.05) is 38.1 Å². The summed E-state index contributed by atoms with van der Waals surface area (Å²) in [5.41, 5.74) is 3.75. The molecule has 2 heterocycles. The minimum atomic E-state index is -0.159. The van der Waals surface area contributed by atoms with Crippen LogP contribution in [-0.2, 0) is 11.2 Å². The van der Waals surface area contributed by atoms with Crippen molar-refractivity contribution in [3.8, 4) is 22.5 Å². The Hall–Kier alpha value is -2.73. The Balaban J connectivity index is 2.16. The second-order valence-electron chi connectivity index (χ2n) is 5.61. The number of halogens is 1. The lowest BCUT2D eigenvalue weighted by Crippen LogP contribution is -2.21. The highest BCUT2D eigenvalue weighted by molar-refractivity contribution is 6.30. The summed E-state index contributed by atoms with van der Waals surface area (Å²) in [6.45, 7) is 3.68. The van der Waals surface area contributed by atoms with Gasteiger partial charge in [-0.25, -0.2) is 9.97 Å². The zero-order valence-electron chi connectivity index (χ0n) is 14.1. The van der Waals surface area contributed by atoms with Crippen molar-refractivity contribution in [3.63, 3.8) is 0 Å². The number of benzene rings is 1. The number of likely N-dealkylation sites (N-methyl/N-ethyl adjacent to an activating group) is 1. The first-order valence-corrected chi connectivity index (χ1v) is 8.13. The van der Waals surface area contributed by atoms with E-state index in [0.717, 1.165) is 16.8 Å². The summed E-state index contributed by atoms with van der Waals surface area (Å²) in [5, 5.41) is 7.18. The van der Waals surface area contributed by atoms with Crippen LogP contribution in [0.2, 0.25) is 5.02 Å². The molecule has 3 aromatic rings. The molecule has 0 aliphatic heterocycles. The van der Waals surface area contributed by atoms with Crippen molar-refractivity contribution >= 4 is 17.5 Å². The SMILES string of the molecule is CNC(=O)Cc1nc(-c2cccc(Cl)c2)cc(-c2c(C)noc2C)n1. The Morgan fingerprint density at radius 3 is 2.60 bits per heavy atom. The first kappa shape index (κ1) is 17.1. The van der Waals surface area contributed by atoms with Crippen molar-refractivity contribution in [1.82, 2.24) is 20.4 Å². The average molecular weight is 357 g/mol. The molecule has 6 nitrogen and oxygen atoms in total. The van der Waals surface area contributed by atoms with Crippen molar-refractivity contribution < 1.29 is 9.32 Å². The zero-order valence-corrected chi connectivity index (χ0v) is 14.9. The maximum Gasteiger partial charge on any atom is 0.227 e. The monoisotopic (exact) mass is 356 g/mol. The number of carbonyl (C=O) groups excluding carboxylic acids is 1. The highest BCUT2D eigenvalue weighted by atomic mass is 35.5. The van der Waals surface area contributed by atoms with E-state index in [4.69, 9.17) is 16.1 Å². The number of aryl methyl sites for hydroxylation is 2. The van der Waals surface area contributed by atoms with Gasteiger partial charge in [-0.05, 0) is 32.0 Å². The summed E-state index contributed by atoms with van der Waals surface area (Å²) < 4.78 is 5.25. The number of hydrogen-bond acceptors (Lipinski definition) is 5. The molecule has 0 saturated heterocycles. The quantitative estimate of drug-likeness (QED) is 0.775. The molecule has 0 aliphatic carbocycles. The normalized spacial score (nSPS) is 10.7. The van der Waals surface area contributed by atoms with Crippen LogP contribution < -0.4 is 5.32 Å². The molecule has 0 radical (unpaired) electrons.